The molecule has 0 spiro atoms. The summed E-state index contributed by atoms with van der Waals surface area (Å²) in [6, 6.07) is 20.2. The van der Waals surface area contributed by atoms with Crippen molar-refractivity contribution in [1.29, 1.82) is 0 Å². The van der Waals surface area contributed by atoms with Crippen LogP contribution in [-0.2, 0) is 16.6 Å². The smallest absolute Gasteiger partial charge is 0.356 e. The first kappa shape index (κ1) is 22.0. The monoisotopic (exact) mass is 444 g/mol. The summed E-state index contributed by atoms with van der Waals surface area (Å²) in [5.74, 6) is -2.13. The second-order valence-electron chi connectivity index (χ2n) is 7.60. The third-order valence-electron chi connectivity index (χ3n) is 5.32. The molecule has 0 aliphatic heterocycles. The van der Waals surface area contributed by atoms with Gasteiger partial charge < -0.3 is 14.6 Å². The number of anilines is 1. The van der Waals surface area contributed by atoms with E-state index in [1.165, 1.54) is 29.8 Å². The van der Waals surface area contributed by atoms with Crippen molar-refractivity contribution in [2.24, 2.45) is 7.05 Å². The molecule has 33 heavy (non-hydrogen) atoms. The van der Waals surface area contributed by atoms with Crippen molar-refractivity contribution in [3.05, 3.63) is 100 Å². The normalized spacial score (nSPS) is 10.8. The van der Waals surface area contributed by atoms with Crippen LogP contribution >= 0.6 is 0 Å². The molecule has 166 valence electrons. The molecule has 3 aromatic carbocycles. The molecular weight excluding hydrogens is 423 g/mol. The lowest BCUT2D eigenvalue weighted by atomic mass is 9.96. The van der Waals surface area contributed by atoms with Gasteiger partial charge in [0.15, 0.2) is 6.61 Å². The van der Waals surface area contributed by atoms with E-state index in [0.717, 1.165) is 11.1 Å². The van der Waals surface area contributed by atoms with Gasteiger partial charge in [-0.15, -0.1) is 0 Å². The van der Waals surface area contributed by atoms with Crippen LogP contribution in [-0.4, -0.2) is 23.1 Å². The zero-order chi connectivity index (χ0) is 23.5. The Morgan fingerprint density at radius 1 is 0.939 bits per heavy atom. The fourth-order valence-electron chi connectivity index (χ4n) is 3.66. The number of ether oxygens (including phenoxy) is 1. The van der Waals surface area contributed by atoms with Crippen LogP contribution < -0.4 is 10.9 Å². The number of fused-ring (bicyclic) bond motifs is 1. The van der Waals surface area contributed by atoms with E-state index in [0.29, 0.717) is 16.3 Å². The van der Waals surface area contributed by atoms with Crippen LogP contribution in [0, 0.1) is 12.7 Å². The molecule has 6 nitrogen and oxygen atoms in total. The van der Waals surface area contributed by atoms with E-state index in [4.69, 9.17) is 4.74 Å². The van der Waals surface area contributed by atoms with Gasteiger partial charge in [-0.05, 0) is 36.1 Å². The Kier molecular flexibility index (Phi) is 6.04. The highest BCUT2D eigenvalue weighted by Gasteiger charge is 2.23. The third kappa shape index (κ3) is 4.39. The Bertz CT molecular complexity index is 1420. The molecule has 0 fully saturated rings. The minimum absolute atomic E-state index is 0.0167. The van der Waals surface area contributed by atoms with Crippen LogP contribution in [0.1, 0.15) is 16.1 Å². The lowest BCUT2D eigenvalue weighted by molar-refractivity contribution is -0.119. The van der Waals surface area contributed by atoms with Crippen molar-refractivity contribution < 1.29 is 18.7 Å². The molecule has 1 amide bonds. The summed E-state index contributed by atoms with van der Waals surface area (Å²) in [5.41, 5.74) is 1.96. The second kappa shape index (κ2) is 9.08. The number of aromatic nitrogens is 1. The van der Waals surface area contributed by atoms with Gasteiger partial charge >= 0.3 is 5.97 Å². The molecule has 1 aromatic heterocycles. The lowest BCUT2D eigenvalue weighted by Crippen LogP contribution is -2.28. The number of nitrogens with zero attached hydrogens (tertiary/aromatic N) is 1. The van der Waals surface area contributed by atoms with Crippen molar-refractivity contribution in [2.45, 2.75) is 6.92 Å². The number of carbonyl (C=O) groups is 2. The quantitative estimate of drug-likeness (QED) is 0.462. The highest BCUT2D eigenvalue weighted by Crippen LogP contribution is 2.31. The molecular formula is C26H21FN2O4. The Balaban J connectivity index is 1.71. The number of esters is 1. The number of para-hydroxylation sites is 1. The Labute approximate surface area is 189 Å². The minimum Gasteiger partial charge on any atom is -0.451 e. The molecule has 4 aromatic rings. The van der Waals surface area contributed by atoms with Gasteiger partial charge in [0, 0.05) is 18.0 Å². The van der Waals surface area contributed by atoms with Crippen molar-refractivity contribution >= 4 is 28.3 Å². The Morgan fingerprint density at radius 2 is 1.58 bits per heavy atom. The fourth-order valence-corrected chi connectivity index (χ4v) is 3.66. The van der Waals surface area contributed by atoms with Crippen molar-refractivity contribution in [2.75, 3.05) is 11.9 Å². The Morgan fingerprint density at radius 3 is 2.27 bits per heavy atom. The van der Waals surface area contributed by atoms with Gasteiger partial charge in [0.25, 0.3) is 11.5 Å². The zero-order valence-electron chi connectivity index (χ0n) is 18.1. The molecule has 0 unspecified atom stereocenters. The summed E-state index contributed by atoms with van der Waals surface area (Å²) in [4.78, 5) is 38.3. The standard InChI is InChI=1S/C26H21FN2O4/c1-16-11-13-17(14-12-16)23-18-7-3-4-8-19(18)25(31)29(2)24(23)26(32)33-15-22(30)28-21-10-6-5-9-20(21)27/h3-14H,15H2,1-2H3,(H,28,30). The van der Waals surface area contributed by atoms with Crippen LogP contribution in [0.2, 0.25) is 0 Å². The molecule has 0 radical (unpaired) electrons. The molecule has 0 aliphatic rings. The summed E-state index contributed by atoms with van der Waals surface area (Å²) in [7, 11) is 1.49. The van der Waals surface area contributed by atoms with Crippen molar-refractivity contribution in [1.82, 2.24) is 4.57 Å². The number of benzene rings is 3. The highest BCUT2D eigenvalue weighted by molar-refractivity contribution is 6.07. The molecule has 0 bridgehead atoms. The Hall–Kier alpha value is -4.26. The van der Waals surface area contributed by atoms with Gasteiger partial charge in [-0.2, -0.15) is 0 Å². The number of rotatable bonds is 5. The van der Waals surface area contributed by atoms with Gasteiger partial charge in [0.2, 0.25) is 0 Å². The number of carbonyl (C=O) groups excluding carboxylic acids is 2. The lowest BCUT2D eigenvalue weighted by Gasteiger charge is -2.17. The molecule has 1 heterocycles. The number of aryl methyl sites for hydroxylation is 1. The average molecular weight is 444 g/mol. The SMILES string of the molecule is Cc1ccc(-c2c(C(=O)OCC(=O)Nc3ccccc3F)n(C)c(=O)c3ccccc23)cc1. The summed E-state index contributed by atoms with van der Waals surface area (Å²) in [6.07, 6.45) is 0. The van der Waals surface area contributed by atoms with E-state index in [-0.39, 0.29) is 16.9 Å². The van der Waals surface area contributed by atoms with Gasteiger partial charge in [-0.1, -0.05) is 60.2 Å². The van der Waals surface area contributed by atoms with Crippen LogP contribution in [0.15, 0.2) is 77.6 Å². The maximum absolute atomic E-state index is 13.8. The van der Waals surface area contributed by atoms with Crippen LogP contribution in [0.3, 0.4) is 0 Å². The van der Waals surface area contributed by atoms with Crippen molar-refractivity contribution in [3.8, 4) is 11.1 Å². The molecule has 0 saturated carbocycles. The summed E-state index contributed by atoms with van der Waals surface area (Å²) in [5, 5.41) is 3.43. The molecule has 7 heteroatoms. The maximum atomic E-state index is 13.8. The molecule has 0 aliphatic carbocycles. The fraction of sp³-hybridized carbons (Fsp3) is 0.115. The van der Waals surface area contributed by atoms with E-state index >= 15 is 0 Å². The van der Waals surface area contributed by atoms with E-state index in [1.54, 1.807) is 30.3 Å². The largest absolute Gasteiger partial charge is 0.451 e. The summed E-state index contributed by atoms with van der Waals surface area (Å²) < 4.78 is 20.2. The van der Waals surface area contributed by atoms with Crippen LogP contribution in [0.4, 0.5) is 10.1 Å². The van der Waals surface area contributed by atoms with Crippen molar-refractivity contribution in [3.63, 3.8) is 0 Å². The number of amides is 1. The first-order valence-corrected chi connectivity index (χ1v) is 10.3. The summed E-state index contributed by atoms with van der Waals surface area (Å²) in [6.45, 7) is 1.31. The van der Waals surface area contributed by atoms with E-state index in [1.807, 2.05) is 31.2 Å². The van der Waals surface area contributed by atoms with Crippen LogP contribution in [0.5, 0.6) is 0 Å². The minimum atomic E-state index is -0.834. The van der Waals surface area contributed by atoms with Gasteiger partial charge in [0.05, 0.1) is 5.69 Å². The number of halogens is 1. The van der Waals surface area contributed by atoms with Gasteiger partial charge in [-0.25, -0.2) is 9.18 Å². The molecule has 0 atom stereocenters. The molecule has 1 N–H and O–H groups in total. The van der Waals surface area contributed by atoms with E-state index in [9.17, 15) is 18.8 Å². The maximum Gasteiger partial charge on any atom is 0.356 e. The van der Waals surface area contributed by atoms with Gasteiger partial charge in [0.1, 0.15) is 11.5 Å². The van der Waals surface area contributed by atoms with E-state index < -0.39 is 24.3 Å². The first-order valence-electron chi connectivity index (χ1n) is 10.3. The third-order valence-corrected chi connectivity index (χ3v) is 5.32. The predicted molar refractivity (Wildman–Crippen MR) is 125 cm³/mol. The molecule has 0 saturated heterocycles. The number of pyridine rings is 1. The zero-order valence-corrected chi connectivity index (χ0v) is 18.1. The number of hydrogen-bond acceptors (Lipinski definition) is 4. The second-order valence-corrected chi connectivity index (χ2v) is 7.60. The predicted octanol–water partition coefficient (Wildman–Crippen LogP) is 4.45. The summed E-state index contributed by atoms with van der Waals surface area (Å²) >= 11 is 0. The topological polar surface area (TPSA) is 77.4 Å². The van der Waals surface area contributed by atoms with Crippen LogP contribution in [0.25, 0.3) is 21.9 Å². The molecule has 4 rings (SSSR count). The number of hydrogen-bond donors (Lipinski definition) is 1. The van der Waals surface area contributed by atoms with Gasteiger partial charge in [-0.3, -0.25) is 9.59 Å². The highest BCUT2D eigenvalue weighted by atomic mass is 19.1. The van der Waals surface area contributed by atoms with E-state index in [2.05, 4.69) is 5.32 Å². The first-order chi connectivity index (χ1) is 15.9. The average Bonchev–Trinajstić information content (AvgIpc) is 2.82. The number of nitrogens with one attached hydrogen (secondary N) is 1.